The third-order valence-electron chi connectivity index (χ3n) is 6.09. The molecule has 0 aliphatic heterocycles. The van der Waals surface area contributed by atoms with Gasteiger partial charge in [-0.1, -0.05) is 30.4 Å². The Morgan fingerprint density at radius 1 is 1.40 bits per heavy atom. The molecule has 2 nitrogen and oxygen atoms in total. The number of aryl methyl sites for hydroxylation is 1. The predicted molar refractivity (Wildman–Crippen MR) is 79.4 cm³/mol. The second-order valence-corrected chi connectivity index (χ2v) is 6.89. The second-order valence-electron chi connectivity index (χ2n) is 6.89. The van der Waals surface area contributed by atoms with Gasteiger partial charge in [-0.15, -0.1) is 0 Å². The smallest absolute Gasteiger partial charge is 0.207 e. The lowest BCUT2D eigenvalue weighted by atomic mass is 9.66. The van der Waals surface area contributed by atoms with Crippen LogP contribution in [-0.4, -0.2) is 6.41 Å². The van der Waals surface area contributed by atoms with E-state index in [-0.39, 0.29) is 11.5 Å². The topological polar surface area (TPSA) is 29.1 Å². The van der Waals surface area contributed by atoms with Crippen LogP contribution in [0.3, 0.4) is 0 Å². The summed E-state index contributed by atoms with van der Waals surface area (Å²) in [4.78, 5) is 11.2. The van der Waals surface area contributed by atoms with Gasteiger partial charge in [-0.3, -0.25) is 4.79 Å². The van der Waals surface area contributed by atoms with Crippen LogP contribution in [0, 0.1) is 18.3 Å². The van der Waals surface area contributed by atoms with E-state index in [2.05, 4.69) is 37.0 Å². The fourth-order valence-corrected chi connectivity index (χ4v) is 5.36. The van der Waals surface area contributed by atoms with Crippen LogP contribution >= 0.6 is 0 Å². The average molecular weight is 267 g/mol. The molecule has 1 N–H and O–H groups in total. The summed E-state index contributed by atoms with van der Waals surface area (Å²) in [7, 11) is 0. The largest absolute Gasteiger partial charge is 0.351 e. The fourth-order valence-electron chi connectivity index (χ4n) is 5.36. The van der Waals surface area contributed by atoms with Crippen molar-refractivity contribution in [2.45, 2.75) is 44.6 Å². The van der Waals surface area contributed by atoms with E-state index in [9.17, 15) is 4.79 Å². The number of hydrogen-bond acceptors (Lipinski definition) is 1. The molecule has 0 radical (unpaired) electrons. The number of hydrogen-bond donors (Lipinski definition) is 1. The molecule has 1 spiro atoms. The lowest BCUT2D eigenvalue weighted by Gasteiger charge is -2.40. The summed E-state index contributed by atoms with van der Waals surface area (Å²) >= 11 is 0. The summed E-state index contributed by atoms with van der Waals surface area (Å²) in [5, 5.41) is 3.16. The maximum Gasteiger partial charge on any atom is 0.207 e. The number of nitrogens with one attached hydrogen (secondary N) is 1. The van der Waals surface area contributed by atoms with Gasteiger partial charge < -0.3 is 5.32 Å². The molecule has 1 aromatic carbocycles. The van der Waals surface area contributed by atoms with E-state index >= 15 is 0 Å². The van der Waals surface area contributed by atoms with Gasteiger partial charge in [-0.25, -0.2) is 0 Å². The average Bonchev–Trinajstić information content (AvgIpc) is 2.85. The SMILES string of the molecule is C=C1CC23CC1CCC2c1cccc(C)c1C3NC=O. The lowest BCUT2D eigenvalue weighted by Crippen LogP contribution is -2.37. The minimum absolute atomic E-state index is 0.184. The molecular formula is C18H21NO. The molecule has 4 atom stereocenters. The highest BCUT2D eigenvalue weighted by atomic mass is 16.1. The van der Waals surface area contributed by atoms with E-state index in [1.165, 1.54) is 41.5 Å². The zero-order valence-electron chi connectivity index (χ0n) is 12.0. The van der Waals surface area contributed by atoms with Crippen molar-refractivity contribution >= 4 is 6.41 Å². The van der Waals surface area contributed by atoms with Crippen molar-refractivity contribution in [1.29, 1.82) is 0 Å². The minimum atomic E-state index is 0.184. The second kappa shape index (κ2) is 3.97. The van der Waals surface area contributed by atoms with E-state index in [1.54, 1.807) is 0 Å². The van der Waals surface area contributed by atoms with E-state index in [0.717, 1.165) is 12.8 Å². The highest BCUT2D eigenvalue weighted by molar-refractivity contribution is 5.55. The maximum absolute atomic E-state index is 11.2. The van der Waals surface area contributed by atoms with Crippen LogP contribution in [0.15, 0.2) is 30.4 Å². The summed E-state index contributed by atoms with van der Waals surface area (Å²) in [6, 6.07) is 6.81. The zero-order valence-corrected chi connectivity index (χ0v) is 12.0. The molecule has 1 aromatic rings. The van der Waals surface area contributed by atoms with E-state index < -0.39 is 0 Å². The van der Waals surface area contributed by atoms with Crippen LogP contribution in [-0.2, 0) is 4.79 Å². The van der Waals surface area contributed by atoms with E-state index in [0.29, 0.717) is 11.8 Å². The van der Waals surface area contributed by atoms with Crippen molar-refractivity contribution in [3.8, 4) is 0 Å². The van der Waals surface area contributed by atoms with Crippen molar-refractivity contribution in [2.75, 3.05) is 0 Å². The third kappa shape index (κ3) is 1.32. The maximum atomic E-state index is 11.2. The summed E-state index contributed by atoms with van der Waals surface area (Å²) in [5.74, 6) is 1.28. The van der Waals surface area contributed by atoms with Gasteiger partial charge in [0, 0.05) is 5.41 Å². The van der Waals surface area contributed by atoms with Crippen LogP contribution in [0.1, 0.15) is 54.3 Å². The fraction of sp³-hybridized carbons (Fsp3) is 0.500. The molecule has 2 saturated carbocycles. The normalized spacial score (nSPS) is 37.5. The Balaban J connectivity index is 1.92. The van der Waals surface area contributed by atoms with Crippen molar-refractivity contribution < 1.29 is 4.79 Å². The van der Waals surface area contributed by atoms with E-state index in [4.69, 9.17) is 0 Å². The highest BCUT2D eigenvalue weighted by Gasteiger charge is 2.59. The van der Waals surface area contributed by atoms with Gasteiger partial charge in [0.05, 0.1) is 6.04 Å². The summed E-state index contributed by atoms with van der Waals surface area (Å²) < 4.78 is 0. The van der Waals surface area contributed by atoms with Crippen molar-refractivity contribution in [3.05, 3.63) is 47.0 Å². The predicted octanol–water partition coefficient (Wildman–Crippen LogP) is 3.63. The Hall–Kier alpha value is -1.57. The minimum Gasteiger partial charge on any atom is -0.351 e. The first-order valence-electron chi connectivity index (χ1n) is 7.64. The Kier molecular flexibility index (Phi) is 2.42. The molecule has 0 heterocycles. The van der Waals surface area contributed by atoms with Crippen molar-refractivity contribution in [1.82, 2.24) is 5.32 Å². The first kappa shape index (κ1) is 12.2. The number of carbonyl (C=O) groups is 1. The molecule has 4 unspecified atom stereocenters. The van der Waals surface area contributed by atoms with Crippen LogP contribution < -0.4 is 5.32 Å². The molecular weight excluding hydrogens is 246 g/mol. The summed E-state index contributed by atoms with van der Waals surface area (Å²) in [6.07, 6.45) is 5.70. The summed E-state index contributed by atoms with van der Waals surface area (Å²) in [5.41, 5.74) is 5.81. The number of amides is 1. The van der Waals surface area contributed by atoms with Crippen molar-refractivity contribution in [2.24, 2.45) is 11.3 Å². The van der Waals surface area contributed by atoms with E-state index in [1.807, 2.05) is 0 Å². The number of rotatable bonds is 2. The molecule has 3 aliphatic rings. The molecule has 104 valence electrons. The van der Waals surface area contributed by atoms with Crippen LogP contribution in [0.4, 0.5) is 0 Å². The summed E-state index contributed by atoms with van der Waals surface area (Å²) in [6.45, 7) is 6.49. The lowest BCUT2D eigenvalue weighted by molar-refractivity contribution is -0.111. The highest BCUT2D eigenvalue weighted by Crippen LogP contribution is 2.69. The molecule has 1 amide bonds. The first-order chi connectivity index (χ1) is 9.67. The van der Waals surface area contributed by atoms with Gasteiger partial charge in [-0.2, -0.15) is 0 Å². The molecule has 2 fully saturated rings. The quantitative estimate of drug-likeness (QED) is 0.643. The number of carbonyl (C=O) groups excluding carboxylic acids is 1. The van der Waals surface area contributed by atoms with Crippen LogP contribution in [0.25, 0.3) is 0 Å². The Morgan fingerprint density at radius 3 is 3.05 bits per heavy atom. The Labute approximate surface area is 120 Å². The van der Waals surface area contributed by atoms with Gasteiger partial charge in [0.15, 0.2) is 0 Å². The monoisotopic (exact) mass is 267 g/mol. The Bertz CT molecular complexity index is 605. The first-order valence-corrected chi connectivity index (χ1v) is 7.64. The molecule has 4 rings (SSSR count). The number of fused-ring (bicyclic) bond motifs is 3. The molecule has 0 saturated heterocycles. The molecule has 20 heavy (non-hydrogen) atoms. The third-order valence-corrected chi connectivity index (χ3v) is 6.09. The van der Waals surface area contributed by atoms with Gasteiger partial charge in [0.1, 0.15) is 0 Å². The molecule has 2 bridgehead atoms. The molecule has 3 aliphatic carbocycles. The van der Waals surface area contributed by atoms with Crippen molar-refractivity contribution in [3.63, 3.8) is 0 Å². The van der Waals surface area contributed by atoms with Gasteiger partial charge in [0.25, 0.3) is 0 Å². The van der Waals surface area contributed by atoms with Crippen LogP contribution in [0.5, 0.6) is 0 Å². The number of allylic oxidation sites excluding steroid dienone is 1. The van der Waals surface area contributed by atoms with Gasteiger partial charge in [0.2, 0.25) is 6.41 Å². The molecule has 2 heteroatoms. The van der Waals surface area contributed by atoms with Gasteiger partial charge >= 0.3 is 0 Å². The number of benzene rings is 1. The van der Waals surface area contributed by atoms with Gasteiger partial charge in [-0.05, 0) is 61.1 Å². The zero-order chi connectivity index (χ0) is 13.9. The molecule has 0 aromatic heterocycles. The van der Waals surface area contributed by atoms with Crippen LogP contribution in [0.2, 0.25) is 0 Å². The standard InChI is InChI=1S/C18H21NO/c1-11-4-3-5-14-15-7-6-13-9-18(15,8-12(13)2)17(16(11)14)19-10-20/h3-5,10,13,15,17H,2,6-9H2,1H3,(H,19,20). The Morgan fingerprint density at radius 2 is 2.25 bits per heavy atom.